The van der Waals surface area contributed by atoms with Crippen LogP contribution in [0.2, 0.25) is 5.02 Å². The quantitative estimate of drug-likeness (QED) is 0.840. The number of aromatic nitrogens is 1. The molecule has 1 aliphatic carbocycles. The van der Waals surface area contributed by atoms with Gasteiger partial charge in [-0.1, -0.05) is 24.4 Å². The summed E-state index contributed by atoms with van der Waals surface area (Å²) in [5, 5.41) is 3.61. The minimum Gasteiger partial charge on any atom is -0.366 e. The van der Waals surface area contributed by atoms with E-state index in [-0.39, 0.29) is 11.9 Å². The van der Waals surface area contributed by atoms with Crippen LogP contribution in [0.5, 0.6) is 0 Å². The van der Waals surface area contributed by atoms with Crippen molar-refractivity contribution in [3.05, 3.63) is 22.8 Å². The molecule has 7 heteroatoms. The third kappa shape index (κ3) is 4.63. The number of anilines is 1. The van der Waals surface area contributed by atoms with Crippen LogP contribution < -0.4 is 16.0 Å². The summed E-state index contributed by atoms with van der Waals surface area (Å²) in [4.78, 5) is 29.7. The molecule has 2 heterocycles. The van der Waals surface area contributed by atoms with Gasteiger partial charge in [-0.3, -0.25) is 9.59 Å². The molecule has 0 unspecified atom stereocenters. The maximum Gasteiger partial charge on any atom is 0.250 e. The Morgan fingerprint density at radius 3 is 2.52 bits per heavy atom. The zero-order valence-corrected chi connectivity index (χ0v) is 15.1. The molecule has 2 amide bonds. The van der Waals surface area contributed by atoms with Crippen LogP contribution in [0.3, 0.4) is 0 Å². The number of nitrogens with zero attached hydrogens (tertiary/aromatic N) is 2. The molecule has 0 aromatic carbocycles. The van der Waals surface area contributed by atoms with Crippen molar-refractivity contribution >= 4 is 29.2 Å². The number of carbonyl (C=O) groups is 2. The molecule has 2 aliphatic rings. The lowest BCUT2D eigenvalue weighted by Gasteiger charge is -2.33. The average molecular weight is 365 g/mol. The van der Waals surface area contributed by atoms with Gasteiger partial charge in [-0.15, -0.1) is 0 Å². The number of amides is 2. The van der Waals surface area contributed by atoms with Crippen LogP contribution in [-0.2, 0) is 4.79 Å². The van der Waals surface area contributed by atoms with E-state index in [1.807, 2.05) is 0 Å². The Hall–Kier alpha value is -1.82. The maximum atomic E-state index is 12.2. The number of carbonyl (C=O) groups excluding carboxylic acids is 2. The van der Waals surface area contributed by atoms with Gasteiger partial charge in [0.25, 0.3) is 0 Å². The van der Waals surface area contributed by atoms with E-state index in [2.05, 4.69) is 15.2 Å². The highest BCUT2D eigenvalue weighted by molar-refractivity contribution is 6.33. The van der Waals surface area contributed by atoms with Crippen molar-refractivity contribution in [2.45, 2.75) is 51.0 Å². The smallest absolute Gasteiger partial charge is 0.250 e. The van der Waals surface area contributed by atoms with Crippen LogP contribution in [0.15, 0.2) is 12.3 Å². The molecule has 1 aromatic heterocycles. The molecule has 1 aromatic rings. The van der Waals surface area contributed by atoms with Gasteiger partial charge < -0.3 is 16.0 Å². The zero-order valence-electron chi connectivity index (χ0n) is 14.3. The molecule has 25 heavy (non-hydrogen) atoms. The summed E-state index contributed by atoms with van der Waals surface area (Å²) in [5.41, 5.74) is 5.55. The number of nitrogens with two attached hydrogens (primary N) is 1. The van der Waals surface area contributed by atoms with Crippen molar-refractivity contribution in [3.63, 3.8) is 0 Å². The fourth-order valence-corrected chi connectivity index (χ4v) is 4.08. The molecule has 1 saturated carbocycles. The topological polar surface area (TPSA) is 88.3 Å². The van der Waals surface area contributed by atoms with Crippen molar-refractivity contribution in [1.82, 2.24) is 10.3 Å². The van der Waals surface area contributed by atoms with E-state index in [4.69, 9.17) is 17.3 Å². The second kappa shape index (κ2) is 8.04. The highest BCUT2D eigenvalue weighted by Gasteiger charge is 2.25. The first-order valence-corrected chi connectivity index (χ1v) is 9.40. The number of rotatable bonds is 5. The lowest BCUT2D eigenvalue weighted by molar-refractivity contribution is -0.122. The Bertz CT molecular complexity index is 638. The first kappa shape index (κ1) is 18.0. The Balaban J connectivity index is 1.50. The number of halogens is 1. The van der Waals surface area contributed by atoms with Crippen LogP contribution in [0, 0.1) is 5.92 Å². The molecule has 6 nitrogen and oxygen atoms in total. The lowest BCUT2D eigenvalue weighted by Crippen LogP contribution is -2.45. The fraction of sp³-hybridized carbons (Fsp3) is 0.611. The van der Waals surface area contributed by atoms with E-state index in [1.54, 1.807) is 6.07 Å². The van der Waals surface area contributed by atoms with E-state index in [9.17, 15) is 9.59 Å². The minimum absolute atomic E-state index is 0.187. The molecule has 1 aliphatic heterocycles. The van der Waals surface area contributed by atoms with Gasteiger partial charge in [0, 0.05) is 31.7 Å². The average Bonchev–Trinajstić information content (AvgIpc) is 3.08. The lowest BCUT2D eigenvalue weighted by atomic mass is 10.0. The molecule has 0 atom stereocenters. The van der Waals surface area contributed by atoms with Gasteiger partial charge in [0.05, 0.1) is 10.6 Å². The summed E-state index contributed by atoms with van der Waals surface area (Å²) in [5.74, 6) is 0.895. The van der Waals surface area contributed by atoms with Crippen molar-refractivity contribution in [1.29, 1.82) is 0 Å². The minimum atomic E-state index is -0.537. The summed E-state index contributed by atoms with van der Waals surface area (Å²) in [6.07, 6.45) is 8.77. The summed E-state index contributed by atoms with van der Waals surface area (Å²) in [6, 6.07) is 1.77. The Labute approximate surface area is 153 Å². The molecule has 1 saturated heterocycles. The van der Waals surface area contributed by atoms with Gasteiger partial charge in [-0.2, -0.15) is 0 Å². The normalized spacial score (nSPS) is 19.2. The molecular weight excluding hydrogens is 340 g/mol. The van der Waals surface area contributed by atoms with Crippen LogP contribution in [0.4, 0.5) is 5.82 Å². The Morgan fingerprint density at radius 2 is 1.92 bits per heavy atom. The van der Waals surface area contributed by atoms with Gasteiger partial charge in [0.2, 0.25) is 11.8 Å². The molecule has 2 fully saturated rings. The zero-order chi connectivity index (χ0) is 17.8. The Morgan fingerprint density at radius 1 is 1.24 bits per heavy atom. The summed E-state index contributed by atoms with van der Waals surface area (Å²) >= 11 is 6.24. The van der Waals surface area contributed by atoms with E-state index in [0.717, 1.165) is 25.9 Å². The number of hydrogen-bond acceptors (Lipinski definition) is 4. The summed E-state index contributed by atoms with van der Waals surface area (Å²) in [7, 11) is 0. The van der Waals surface area contributed by atoms with Crippen molar-refractivity contribution in [2.24, 2.45) is 11.7 Å². The maximum absolute atomic E-state index is 12.2. The van der Waals surface area contributed by atoms with Crippen molar-refractivity contribution in [3.8, 4) is 0 Å². The Kier molecular flexibility index (Phi) is 5.78. The number of nitrogens with one attached hydrogen (secondary N) is 1. The molecule has 0 radical (unpaired) electrons. The monoisotopic (exact) mass is 364 g/mol. The number of pyridine rings is 1. The molecule has 0 spiro atoms. The van der Waals surface area contributed by atoms with Gasteiger partial charge in [0.1, 0.15) is 5.82 Å². The van der Waals surface area contributed by atoms with Crippen molar-refractivity contribution < 1.29 is 9.59 Å². The third-order valence-electron chi connectivity index (χ3n) is 5.21. The first-order valence-electron chi connectivity index (χ1n) is 9.02. The van der Waals surface area contributed by atoms with Crippen molar-refractivity contribution in [2.75, 3.05) is 18.0 Å². The summed E-state index contributed by atoms with van der Waals surface area (Å²) < 4.78 is 0. The first-order chi connectivity index (χ1) is 12.0. The fourth-order valence-electron chi connectivity index (χ4n) is 3.80. The van der Waals surface area contributed by atoms with Crippen LogP contribution in [-0.4, -0.2) is 35.9 Å². The van der Waals surface area contributed by atoms with Crippen LogP contribution in [0.25, 0.3) is 0 Å². The second-order valence-corrected chi connectivity index (χ2v) is 7.48. The van der Waals surface area contributed by atoms with Gasteiger partial charge in [-0.05, 0) is 37.7 Å². The second-order valence-electron chi connectivity index (χ2n) is 7.08. The van der Waals surface area contributed by atoms with Crippen LogP contribution in [0.1, 0.15) is 55.3 Å². The standard InChI is InChI=1S/C18H25ClN4O2/c19-15-10-13(17(20)25)11-21-18(15)23-7-5-14(6-8-23)22-16(24)9-12-3-1-2-4-12/h10-12,14H,1-9H2,(H2,20,25)(H,22,24). The number of primary amides is 1. The van der Waals surface area contributed by atoms with Gasteiger partial charge in [-0.25, -0.2) is 4.98 Å². The van der Waals surface area contributed by atoms with E-state index in [1.165, 1.54) is 31.9 Å². The highest BCUT2D eigenvalue weighted by atomic mass is 35.5. The predicted octanol–water partition coefficient (Wildman–Crippen LogP) is 2.50. The number of piperidine rings is 1. The summed E-state index contributed by atoms with van der Waals surface area (Å²) in [6.45, 7) is 1.55. The molecular formula is C18H25ClN4O2. The van der Waals surface area contributed by atoms with Gasteiger partial charge in [0.15, 0.2) is 0 Å². The number of hydrogen-bond donors (Lipinski definition) is 2. The van der Waals surface area contributed by atoms with Gasteiger partial charge >= 0.3 is 0 Å². The highest BCUT2D eigenvalue weighted by Crippen LogP contribution is 2.28. The van der Waals surface area contributed by atoms with E-state index in [0.29, 0.717) is 28.7 Å². The van der Waals surface area contributed by atoms with Crippen LogP contribution >= 0.6 is 11.6 Å². The predicted molar refractivity (Wildman–Crippen MR) is 97.7 cm³/mol. The molecule has 0 bridgehead atoms. The molecule has 3 rings (SSSR count). The molecule has 3 N–H and O–H groups in total. The molecule has 136 valence electrons. The largest absolute Gasteiger partial charge is 0.366 e. The third-order valence-corrected chi connectivity index (χ3v) is 5.49. The van der Waals surface area contributed by atoms with E-state index >= 15 is 0 Å². The SMILES string of the molecule is NC(=O)c1cnc(N2CCC(NC(=O)CC3CCCC3)CC2)c(Cl)c1. The van der Waals surface area contributed by atoms with E-state index < -0.39 is 5.91 Å².